The van der Waals surface area contributed by atoms with Gasteiger partial charge in [0.1, 0.15) is 0 Å². The molecule has 2 aromatic rings. The second kappa shape index (κ2) is 10.2. The fraction of sp³-hybridized carbons (Fsp3) is 0.421. The zero-order valence-corrected chi connectivity index (χ0v) is 15.7. The second-order valence-corrected chi connectivity index (χ2v) is 6.08. The molecule has 1 amide bonds. The van der Waals surface area contributed by atoms with Gasteiger partial charge in [-0.2, -0.15) is 5.10 Å². The second-order valence-electron chi connectivity index (χ2n) is 6.08. The van der Waals surface area contributed by atoms with E-state index in [2.05, 4.69) is 26.0 Å². The molecule has 0 aliphatic carbocycles. The molecule has 7 nitrogen and oxygen atoms in total. The number of nitrogens with one attached hydrogen (secondary N) is 3. The van der Waals surface area contributed by atoms with Crippen LogP contribution in [0.5, 0.6) is 0 Å². The lowest BCUT2D eigenvalue weighted by atomic mass is 10.1. The molecule has 0 atom stereocenters. The third-order valence-electron chi connectivity index (χ3n) is 4.04. The highest BCUT2D eigenvalue weighted by molar-refractivity contribution is 5.94. The van der Waals surface area contributed by atoms with Crippen LogP contribution in [0.15, 0.2) is 41.7 Å². The van der Waals surface area contributed by atoms with Crippen LogP contribution in [-0.2, 0) is 19.9 Å². The number of benzene rings is 1. The molecule has 3 N–H and O–H groups in total. The summed E-state index contributed by atoms with van der Waals surface area (Å²) in [6.45, 7) is 1.60. The number of carbonyl (C=O) groups is 1. The lowest BCUT2D eigenvalue weighted by Gasteiger charge is -2.12. The molecule has 0 unspecified atom stereocenters. The molecule has 0 bridgehead atoms. The van der Waals surface area contributed by atoms with Crippen LogP contribution in [0.25, 0.3) is 0 Å². The van der Waals surface area contributed by atoms with Crippen molar-refractivity contribution in [2.24, 2.45) is 12.0 Å². The summed E-state index contributed by atoms with van der Waals surface area (Å²) < 4.78 is 1.82. The maximum atomic E-state index is 11.7. The zero-order chi connectivity index (χ0) is 18.8. The molecule has 140 valence electrons. The van der Waals surface area contributed by atoms with E-state index in [-0.39, 0.29) is 5.91 Å². The van der Waals surface area contributed by atoms with Gasteiger partial charge in [-0.15, -0.1) is 0 Å². The summed E-state index contributed by atoms with van der Waals surface area (Å²) in [5, 5.41) is 13.4. The van der Waals surface area contributed by atoms with Gasteiger partial charge in [-0.05, 0) is 42.5 Å². The number of aromatic nitrogens is 2. The minimum Gasteiger partial charge on any atom is -0.356 e. The Morgan fingerprint density at radius 2 is 2.00 bits per heavy atom. The molecule has 0 aliphatic rings. The van der Waals surface area contributed by atoms with Crippen LogP contribution >= 0.6 is 0 Å². The van der Waals surface area contributed by atoms with Crippen LogP contribution in [0.4, 0.5) is 0 Å². The molecule has 1 aromatic heterocycles. The van der Waals surface area contributed by atoms with Crippen LogP contribution in [-0.4, -0.2) is 48.8 Å². The topological polar surface area (TPSA) is 83.3 Å². The number of hydrogen-bond acceptors (Lipinski definition) is 3. The van der Waals surface area contributed by atoms with E-state index in [1.807, 2.05) is 48.4 Å². The summed E-state index contributed by atoms with van der Waals surface area (Å²) in [6, 6.07) is 7.67. The highest BCUT2D eigenvalue weighted by Crippen LogP contribution is 2.05. The highest BCUT2D eigenvalue weighted by Gasteiger charge is 2.04. The first-order chi connectivity index (χ1) is 12.6. The number of rotatable bonds is 8. The Hall–Kier alpha value is -2.83. The minimum absolute atomic E-state index is 0.0640. The van der Waals surface area contributed by atoms with Crippen LogP contribution in [0.1, 0.15) is 27.9 Å². The van der Waals surface area contributed by atoms with Crippen LogP contribution in [0, 0.1) is 0 Å². The molecule has 0 saturated carbocycles. The summed E-state index contributed by atoms with van der Waals surface area (Å²) in [4.78, 5) is 15.9. The molecule has 0 aliphatic heterocycles. The normalized spacial score (nSPS) is 11.3. The number of guanidine groups is 1. The first-order valence-electron chi connectivity index (χ1n) is 8.85. The summed E-state index contributed by atoms with van der Waals surface area (Å²) in [7, 11) is 5.33. The van der Waals surface area contributed by atoms with Crippen LogP contribution in [0.2, 0.25) is 0 Å². The largest absolute Gasteiger partial charge is 0.356 e. The lowest BCUT2D eigenvalue weighted by Crippen LogP contribution is -2.38. The smallest absolute Gasteiger partial charge is 0.251 e. The minimum atomic E-state index is -0.0640. The molecule has 0 radical (unpaired) electrons. The quantitative estimate of drug-likeness (QED) is 0.376. The van der Waals surface area contributed by atoms with Gasteiger partial charge in [0.05, 0.1) is 6.20 Å². The number of hydrogen-bond donors (Lipinski definition) is 3. The highest BCUT2D eigenvalue weighted by atomic mass is 16.1. The van der Waals surface area contributed by atoms with Gasteiger partial charge in [-0.3, -0.25) is 14.5 Å². The van der Waals surface area contributed by atoms with Crippen molar-refractivity contribution in [2.75, 3.05) is 27.2 Å². The molecule has 2 rings (SSSR count). The van der Waals surface area contributed by atoms with Crippen LogP contribution < -0.4 is 16.0 Å². The van der Waals surface area contributed by atoms with E-state index >= 15 is 0 Å². The van der Waals surface area contributed by atoms with Gasteiger partial charge in [0, 0.05) is 46.0 Å². The molecule has 0 fully saturated rings. The third-order valence-corrected chi connectivity index (χ3v) is 4.04. The van der Waals surface area contributed by atoms with Crippen molar-refractivity contribution >= 4 is 11.9 Å². The van der Waals surface area contributed by atoms with Crippen molar-refractivity contribution in [3.05, 3.63) is 53.3 Å². The predicted octanol–water partition coefficient (Wildman–Crippen LogP) is 1.12. The molecular formula is C19H28N6O. The SMILES string of the molecule is CN=C(NCCCc1cnn(C)c1)NCCc1cccc(C(=O)NC)c1. The van der Waals surface area contributed by atoms with E-state index in [9.17, 15) is 4.79 Å². The Labute approximate surface area is 154 Å². The van der Waals surface area contributed by atoms with Crippen molar-refractivity contribution in [2.45, 2.75) is 19.3 Å². The summed E-state index contributed by atoms with van der Waals surface area (Å²) in [6.07, 6.45) is 6.77. The van der Waals surface area contributed by atoms with E-state index in [0.29, 0.717) is 5.56 Å². The number of nitrogens with zero attached hydrogens (tertiary/aromatic N) is 3. The Kier molecular flexibility index (Phi) is 7.67. The molecular weight excluding hydrogens is 328 g/mol. The van der Waals surface area contributed by atoms with Gasteiger partial charge in [0.25, 0.3) is 5.91 Å². The lowest BCUT2D eigenvalue weighted by molar-refractivity contribution is 0.0963. The molecule has 1 heterocycles. The van der Waals surface area contributed by atoms with E-state index in [4.69, 9.17) is 0 Å². The van der Waals surface area contributed by atoms with Crippen LogP contribution in [0.3, 0.4) is 0 Å². The fourth-order valence-electron chi connectivity index (χ4n) is 2.66. The number of aryl methyl sites for hydroxylation is 2. The zero-order valence-electron chi connectivity index (χ0n) is 15.7. The van der Waals surface area contributed by atoms with Crippen molar-refractivity contribution in [1.82, 2.24) is 25.7 Å². The van der Waals surface area contributed by atoms with Gasteiger partial charge in [-0.1, -0.05) is 12.1 Å². The molecule has 1 aromatic carbocycles. The standard InChI is InChI=1S/C19H28N6O/c1-20-18(26)17-8-4-6-15(12-17)9-11-23-19(21-2)22-10-5-7-16-13-24-25(3)14-16/h4,6,8,12-14H,5,7,9-11H2,1-3H3,(H,20,26)(H2,21,22,23). The number of aliphatic imine (C=N–C) groups is 1. The summed E-state index contributed by atoms with van der Waals surface area (Å²) >= 11 is 0. The number of amides is 1. The number of carbonyl (C=O) groups excluding carboxylic acids is 1. The van der Waals surface area contributed by atoms with E-state index in [0.717, 1.165) is 43.9 Å². The maximum Gasteiger partial charge on any atom is 0.251 e. The van der Waals surface area contributed by atoms with Crippen molar-refractivity contribution in [3.8, 4) is 0 Å². The van der Waals surface area contributed by atoms with Gasteiger partial charge in [-0.25, -0.2) is 0 Å². The fourth-order valence-corrected chi connectivity index (χ4v) is 2.66. The van der Waals surface area contributed by atoms with Crippen molar-refractivity contribution in [3.63, 3.8) is 0 Å². The predicted molar refractivity (Wildman–Crippen MR) is 104 cm³/mol. The van der Waals surface area contributed by atoms with E-state index in [1.165, 1.54) is 5.56 Å². The molecule has 0 spiro atoms. The van der Waals surface area contributed by atoms with E-state index in [1.54, 1.807) is 14.1 Å². The molecule has 26 heavy (non-hydrogen) atoms. The van der Waals surface area contributed by atoms with Gasteiger partial charge < -0.3 is 16.0 Å². The average molecular weight is 356 g/mol. The van der Waals surface area contributed by atoms with Gasteiger partial charge in [0.15, 0.2) is 5.96 Å². The Morgan fingerprint density at radius 1 is 1.19 bits per heavy atom. The first-order valence-corrected chi connectivity index (χ1v) is 8.85. The Morgan fingerprint density at radius 3 is 2.69 bits per heavy atom. The van der Waals surface area contributed by atoms with Gasteiger partial charge >= 0.3 is 0 Å². The van der Waals surface area contributed by atoms with Gasteiger partial charge in [0.2, 0.25) is 0 Å². The molecule has 7 heteroatoms. The first kappa shape index (κ1) is 19.5. The van der Waals surface area contributed by atoms with Crippen molar-refractivity contribution in [1.29, 1.82) is 0 Å². The Bertz CT molecular complexity index is 737. The summed E-state index contributed by atoms with van der Waals surface area (Å²) in [5.41, 5.74) is 3.04. The monoisotopic (exact) mass is 356 g/mol. The Balaban J connectivity index is 1.69. The summed E-state index contributed by atoms with van der Waals surface area (Å²) in [5.74, 6) is 0.726. The van der Waals surface area contributed by atoms with E-state index < -0.39 is 0 Å². The average Bonchev–Trinajstić information content (AvgIpc) is 3.08. The third kappa shape index (κ3) is 6.23. The van der Waals surface area contributed by atoms with Crippen molar-refractivity contribution < 1.29 is 4.79 Å². The molecule has 0 saturated heterocycles. The maximum absolute atomic E-state index is 11.7.